The van der Waals surface area contributed by atoms with Gasteiger partial charge in [-0.3, -0.25) is 0 Å². The van der Waals surface area contributed by atoms with Gasteiger partial charge < -0.3 is 9.80 Å². The lowest BCUT2D eigenvalue weighted by Gasteiger charge is -2.26. The van der Waals surface area contributed by atoms with Crippen LogP contribution in [0.25, 0.3) is 55.8 Å². The molecular weight excluding hydrogens is 657 g/mol. The van der Waals surface area contributed by atoms with Crippen LogP contribution in [0, 0.1) is 0 Å². The van der Waals surface area contributed by atoms with Gasteiger partial charge in [0, 0.05) is 56.4 Å². The Kier molecular flexibility index (Phi) is 7.77. The molecule has 0 aliphatic heterocycles. The van der Waals surface area contributed by atoms with Gasteiger partial charge in [0.05, 0.1) is 11.4 Å². The molecule has 1 heterocycles. The highest BCUT2D eigenvalue weighted by Gasteiger charge is 2.28. The van der Waals surface area contributed by atoms with E-state index in [0.717, 1.165) is 67.8 Å². The molecule has 0 N–H and O–H groups in total. The van der Waals surface area contributed by atoms with Crippen molar-refractivity contribution in [2.24, 2.45) is 0 Å². The molecule has 0 atom stereocenters. The van der Waals surface area contributed by atoms with Crippen molar-refractivity contribution in [3.63, 3.8) is 0 Å². The monoisotopic (exact) mass is 690 g/mol. The fourth-order valence-electron chi connectivity index (χ4n) is 7.75. The third-order valence-electron chi connectivity index (χ3n) is 10.2. The minimum absolute atomic E-state index is 0.694. The molecule has 1 aromatic heterocycles. The maximum atomic E-state index is 5.45. The van der Waals surface area contributed by atoms with E-state index in [2.05, 4.69) is 204 Å². The number of hydrogen-bond donors (Lipinski definition) is 0. The molecule has 4 heteroatoms. The van der Waals surface area contributed by atoms with Crippen molar-refractivity contribution in [3.05, 3.63) is 206 Å². The highest BCUT2D eigenvalue weighted by atomic mass is 15.1. The van der Waals surface area contributed by atoms with Crippen LogP contribution in [0.1, 0.15) is 0 Å². The van der Waals surface area contributed by atoms with Crippen LogP contribution in [0.5, 0.6) is 0 Å². The lowest BCUT2D eigenvalue weighted by Crippen LogP contribution is -2.10. The number of rotatable bonds is 8. The van der Waals surface area contributed by atoms with E-state index in [9.17, 15) is 0 Å². The van der Waals surface area contributed by atoms with E-state index in [1.807, 2.05) is 12.1 Å². The van der Waals surface area contributed by atoms with Gasteiger partial charge in [-0.15, -0.1) is 0 Å². The van der Waals surface area contributed by atoms with E-state index in [1.165, 1.54) is 16.3 Å². The number of benzene rings is 8. The predicted molar refractivity (Wildman–Crippen MR) is 224 cm³/mol. The fraction of sp³-hybridized carbons (Fsp3) is 0. The Morgan fingerprint density at radius 2 is 0.759 bits per heavy atom. The summed E-state index contributed by atoms with van der Waals surface area (Å²) in [6, 6.07) is 72.4. The van der Waals surface area contributed by atoms with E-state index >= 15 is 0 Å². The molecular formula is C50H34N4. The summed E-state index contributed by atoms with van der Waals surface area (Å²) in [5.41, 5.74) is 13.7. The summed E-state index contributed by atoms with van der Waals surface area (Å²) in [4.78, 5) is 15.4. The number of nitrogens with zero attached hydrogens (tertiary/aromatic N) is 4. The predicted octanol–water partition coefficient (Wildman–Crippen LogP) is 13.6. The topological polar surface area (TPSA) is 32.3 Å². The highest BCUT2D eigenvalue weighted by Crippen LogP contribution is 2.51. The average Bonchev–Trinajstić information content (AvgIpc) is 3.57. The lowest BCUT2D eigenvalue weighted by atomic mass is 9.98. The molecule has 1 aliphatic carbocycles. The Morgan fingerprint density at radius 1 is 0.315 bits per heavy atom. The zero-order valence-electron chi connectivity index (χ0n) is 29.4. The van der Waals surface area contributed by atoms with Gasteiger partial charge in [-0.25, -0.2) is 9.97 Å². The summed E-state index contributed by atoms with van der Waals surface area (Å²) < 4.78 is 0. The minimum Gasteiger partial charge on any atom is -0.311 e. The molecule has 0 unspecified atom stereocenters. The molecule has 0 fully saturated rings. The van der Waals surface area contributed by atoms with Crippen molar-refractivity contribution in [2.75, 3.05) is 9.80 Å². The SMILES string of the molecule is c1ccc(N(c2ccccc2)c2ccc(-c3nc(-c4cccc(N(c5ccccc5)c5ccccc5)c4)c4c(n3)-c3cccc5cccc-4c35)cc2)cc1. The molecule has 254 valence electrons. The molecule has 0 amide bonds. The van der Waals surface area contributed by atoms with Crippen molar-refractivity contribution < 1.29 is 0 Å². The maximum absolute atomic E-state index is 5.45. The first-order valence-electron chi connectivity index (χ1n) is 18.3. The number of para-hydroxylation sites is 4. The lowest BCUT2D eigenvalue weighted by molar-refractivity contribution is 1.19. The largest absolute Gasteiger partial charge is 0.311 e. The van der Waals surface area contributed by atoms with E-state index in [0.29, 0.717) is 5.82 Å². The smallest absolute Gasteiger partial charge is 0.160 e. The number of hydrogen-bond acceptors (Lipinski definition) is 4. The Labute approximate surface area is 314 Å². The molecule has 0 spiro atoms. The third kappa shape index (κ3) is 5.49. The Morgan fingerprint density at radius 3 is 1.31 bits per heavy atom. The van der Waals surface area contributed by atoms with Gasteiger partial charge in [0.1, 0.15) is 0 Å². The molecule has 8 aromatic carbocycles. The zero-order valence-corrected chi connectivity index (χ0v) is 29.4. The molecule has 0 radical (unpaired) electrons. The molecule has 0 saturated carbocycles. The number of aromatic nitrogens is 2. The van der Waals surface area contributed by atoms with Gasteiger partial charge in [-0.05, 0) is 101 Å². The summed E-state index contributed by atoms with van der Waals surface area (Å²) in [5, 5.41) is 2.43. The molecule has 0 bridgehead atoms. The van der Waals surface area contributed by atoms with Gasteiger partial charge >= 0.3 is 0 Å². The van der Waals surface area contributed by atoms with Crippen LogP contribution in [-0.2, 0) is 0 Å². The van der Waals surface area contributed by atoms with E-state index in [1.54, 1.807) is 0 Å². The van der Waals surface area contributed by atoms with Crippen LogP contribution in [0.4, 0.5) is 34.1 Å². The molecule has 0 saturated heterocycles. The second-order valence-corrected chi connectivity index (χ2v) is 13.4. The van der Waals surface area contributed by atoms with Gasteiger partial charge in [-0.1, -0.05) is 121 Å². The van der Waals surface area contributed by atoms with Crippen molar-refractivity contribution in [2.45, 2.75) is 0 Å². The van der Waals surface area contributed by atoms with Crippen LogP contribution < -0.4 is 9.80 Å². The first kappa shape index (κ1) is 31.4. The first-order chi connectivity index (χ1) is 26.8. The summed E-state index contributed by atoms with van der Waals surface area (Å²) in [6.45, 7) is 0. The zero-order chi connectivity index (χ0) is 35.8. The van der Waals surface area contributed by atoms with Gasteiger partial charge in [0.15, 0.2) is 5.82 Å². The van der Waals surface area contributed by atoms with Crippen LogP contribution >= 0.6 is 0 Å². The van der Waals surface area contributed by atoms with E-state index < -0.39 is 0 Å². The van der Waals surface area contributed by atoms with Crippen molar-refractivity contribution in [3.8, 4) is 45.0 Å². The molecule has 54 heavy (non-hydrogen) atoms. The average molecular weight is 691 g/mol. The summed E-state index contributed by atoms with van der Waals surface area (Å²) >= 11 is 0. The number of fused-ring (bicyclic) bond motifs is 3. The molecule has 4 nitrogen and oxygen atoms in total. The highest BCUT2D eigenvalue weighted by molar-refractivity contribution is 6.17. The van der Waals surface area contributed by atoms with Crippen molar-refractivity contribution >= 4 is 44.9 Å². The van der Waals surface area contributed by atoms with Gasteiger partial charge in [0.2, 0.25) is 0 Å². The Bertz CT molecular complexity index is 2660. The van der Waals surface area contributed by atoms with E-state index in [-0.39, 0.29) is 0 Å². The van der Waals surface area contributed by atoms with Crippen molar-refractivity contribution in [1.29, 1.82) is 0 Å². The first-order valence-corrected chi connectivity index (χ1v) is 18.3. The molecule has 1 aliphatic rings. The van der Waals surface area contributed by atoms with Crippen molar-refractivity contribution in [1.82, 2.24) is 9.97 Å². The van der Waals surface area contributed by atoms with Crippen LogP contribution in [-0.4, -0.2) is 9.97 Å². The second-order valence-electron chi connectivity index (χ2n) is 13.4. The van der Waals surface area contributed by atoms with Crippen LogP contribution in [0.3, 0.4) is 0 Å². The van der Waals surface area contributed by atoms with Crippen LogP contribution in [0.15, 0.2) is 206 Å². The normalized spacial score (nSPS) is 11.3. The summed E-state index contributed by atoms with van der Waals surface area (Å²) in [6.07, 6.45) is 0. The summed E-state index contributed by atoms with van der Waals surface area (Å²) in [7, 11) is 0. The quantitative estimate of drug-likeness (QED) is 0.159. The van der Waals surface area contributed by atoms with Crippen LogP contribution in [0.2, 0.25) is 0 Å². The van der Waals surface area contributed by atoms with Gasteiger partial charge in [0.25, 0.3) is 0 Å². The Hall–Kier alpha value is -7.30. The number of anilines is 6. The molecule has 9 aromatic rings. The van der Waals surface area contributed by atoms with E-state index in [4.69, 9.17) is 9.97 Å². The molecule has 10 rings (SSSR count). The standard InChI is InChI=1S/C50H34N4/c1-5-19-38(20-6-1)53(39-21-7-2-8-22-39)42-32-30-36(31-33-42)50-51-48(47-44-28-14-16-35-17-15-29-45(46(35)44)49(47)52-50)37-18-13-27-43(34-37)54(40-23-9-3-10-24-40)41-25-11-4-12-26-41/h1-34H. The Balaban J connectivity index is 1.14. The summed E-state index contributed by atoms with van der Waals surface area (Å²) in [5.74, 6) is 0.694. The maximum Gasteiger partial charge on any atom is 0.160 e. The minimum atomic E-state index is 0.694. The third-order valence-corrected chi connectivity index (χ3v) is 10.2. The fourth-order valence-corrected chi connectivity index (χ4v) is 7.75. The van der Waals surface area contributed by atoms with Gasteiger partial charge in [-0.2, -0.15) is 0 Å². The second kappa shape index (κ2) is 13.4.